The first kappa shape index (κ1) is 9.32. The molecule has 1 aromatic carbocycles. The van der Waals surface area contributed by atoms with Crippen LogP contribution in [0.2, 0.25) is 0 Å². The summed E-state index contributed by atoms with van der Waals surface area (Å²) in [6.45, 7) is 4.36. The van der Waals surface area contributed by atoms with Crippen LogP contribution in [0.3, 0.4) is 0 Å². The molecule has 1 aromatic heterocycles. The lowest BCUT2D eigenvalue weighted by molar-refractivity contribution is 0.549. The van der Waals surface area contributed by atoms with Crippen molar-refractivity contribution in [2.24, 2.45) is 0 Å². The lowest BCUT2D eigenvalue weighted by Crippen LogP contribution is -1.86. The summed E-state index contributed by atoms with van der Waals surface area (Å²) in [4.78, 5) is 0. The molecule has 0 N–H and O–H groups in total. The molecule has 1 heterocycles. The highest BCUT2D eigenvalue weighted by atomic mass is 16.3. The molecule has 0 spiro atoms. The lowest BCUT2D eigenvalue weighted by Gasteiger charge is -1.97. The molecule has 74 valence electrons. The van der Waals surface area contributed by atoms with E-state index in [1.54, 1.807) is 0 Å². The summed E-state index contributed by atoms with van der Waals surface area (Å²) in [6.07, 6.45) is 3.29. The molecule has 2 aromatic rings. The summed E-state index contributed by atoms with van der Waals surface area (Å²) in [5, 5.41) is 1.30. The molecule has 0 aliphatic heterocycles. The monoisotopic (exact) mass is 188 g/mol. The number of furan rings is 1. The van der Waals surface area contributed by atoms with Gasteiger partial charge in [-0.15, -0.1) is 0 Å². The van der Waals surface area contributed by atoms with E-state index in [0.717, 1.165) is 24.2 Å². The van der Waals surface area contributed by atoms with E-state index in [1.807, 2.05) is 12.1 Å². The average Bonchev–Trinajstić information content (AvgIpc) is 2.58. The molecule has 0 amide bonds. The molecule has 1 nitrogen and oxygen atoms in total. The second-order valence-electron chi connectivity index (χ2n) is 3.60. The summed E-state index contributed by atoms with van der Waals surface area (Å²) in [5.74, 6) is 1.16. The maximum Gasteiger partial charge on any atom is 0.134 e. The highest BCUT2D eigenvalue weighted by Gasteiger charge is 2.10. The fraction of sp³-hybridized carbons (Fsp3) is 0.385. The number of hydrogen-bond acceptors (Lipinski definition) is 1. The van der Waals surface area contributed by atoms with Gasteiger partial charge in [-0.05, 0) is 12.5 Å². The van der Waals surface area contributed by atoms with E-state index >= 15 is 0 Å². The van der Waals surface area contributed by atoms with Gasteiger partial charge in [0, 0.05) is 17.4 Å². The van der Waals surface area contributed by atoms with Gasteiger partial charge in [0.15, 0.2) is 0 Å². The molecular weight excluding hydrogens is 172 g/mol. The van der Waals surface area contributed by atoms with Crippen molar-refractivity contribution >= 4 is 11.0 Å². The van der Waals surface area contributed by atoms with Gasteiger partial charge in [0.25, 0.3) is 0 Å². The molecule has 1 heteroatoms. The molecule has 0 saturated heterocycles. The first-order chi connectivity index (χ1) is 6.86. The van der Waals surface area contributed by atoms with E-state index in [-0.39, 0.29) is 0 Å². The van der Waals surface area contributed by atoms with Crippen molar-refractivity contribution in [3.63, 3.8) is 0 Å². The zero-order valence-electron chi connectivity index (χ0n) is 8.84. The zero-order chi connectivity index (χ0) is 9.97. The van der Waals surface area contributed by atoms with Crippen molar-refractivity contribution < 1.29 is 4.42 Å². The van der Waals surface area contributed by atoms with Crippen LogP contribution in [0.25, 0.3) is 11.0 Å². The molecule has 0 aliphatic carbocycles. The van der Waals surface area contributed by atoms with E-state index in [1.165, 1.54) is 17.4 Å². The van der Waals surface area contributed by atoms with E-state index < -0.39 is 0 Å². The summed E-state index contributed by atoms with van der Waals surface area (Å²) in [7, 11) is 0. The largest absolute Gasteiger partial charge is 0.461 e. The van der Waals surface area contributed by atoms with Crippen LogP contribution < -0.4 is 0 Å². The maximum atomic E-state index is 5.80. The maximum absolute atomic E-state index is 5.80. The first-order valence-corrected chi connectivity index (χ1v) is 5.36. The Labute approximate surface area is 84.7 Å². The van der Waals surface area contributed by atoms with Crippen molar-refractivity contribution in [1.29, 1.82) is 0 Å². The topological polar surface area (TPSA) is 13.1 Å². The minimum absolute atomic E-state index is 0.990. The Morgan fingerprint density at radius 3 is 2.64 bits per heavy atom. The smallest absolute Gasteiger partial charge is 0.134 e. The third kappa shape index (κ3) is 1.43. The normalized spacial score (nSPS) is 11.0. The van der Waals surface area contributed by atoms with Gasteiger partial charge in [0.05, 0.1) is 0 Å². The standard InChI is InChI=1S/C13H16O/c1-3-7-10-11-8-5-6-9-13(11)14-12(10)4-2/h5-6,8-9H,3-4,7H2,1-2H3. The third-order valence-corrected chi connectivity index (χ3v) is 2.60. The van der Waals surface area contributed by atoms with Crippen molar-refractivity contribution in [3.05, 3.63) is 35.6 Å². The minimum atomic E-state index is 0.990. The fourth-order valence-corrected chi connectivity index (χ4v) is 1.96. The molecule has 0 aliphatic rings. The molecule has 0 unspecified atom stereocenters. The Hall–Kier alpha value is -1.24. The van der Waals surface area contributed by atoms with Crippen LogP contribution in [0.1, 0.15) is 31.6 Å². The molecule has 0 bridgehead atoms. The molecule has 0 saturated carbocycles. The van der Waals surface area contributed by atoms with Gasteiger partial charge in [-0.25, -0.2) is 0 Å². The zero-order valence-corrected chi connectivity index (χ0v) is 8.84. The highest BCUT2D eigenvalue weighted by Crippen LogP contribution is 2.27. The lowest BCUT2D eigenvalue weighted by atomic mass is 10.1. The summed E-state index contributed by atoms with van der Waals surface area (Å²) in [5.41, 5.74) is 2.44. The molecule has 0 radical (unpaired) electrons. The summed E-state index contributed by atoms with van der Waals surface area (Å²) < 4.78 is 5.80. The fourth-order valence-electron chi connectivity index (χ4n) is 1.96. The van der Waals surface area contributed by atoms with Crippen LogP contribution in [-0.2, 0) is 12.8 Å². The molecular formula is C13H16O. The van der Waals surface area contributed by atoms with Crippen LogP contribution in [-0.4, -0.2) is 0 Å². The van der Waals surface area contributed by atoms with Gasteiger partial charge in [0.2, 0.25) is 0 Å². The van der Waals surface area contributed by atoms with E-state index in [4.69, 9.17) is 4.42 Å². The minimum Gasteiger partial charge on any atom is -0.461 e. The van der Waals surface area contributed by atoms with Gasteiger partial charge >= 0.3 is 0 Å². The van der Waals surface area contributed by atoms with E-state index in [0.29, 0.717) is 0 Å². The Bertz CT molecular complexity index is 426. The van der Waals surface area contributed by atoms with Crippen LogP contribution in [0, 0.1) is 0 Å². The summed E-state index contributed by atoms with van der Waals surface area (Å²) >= 11 is 0. The van der Waals surface area contributed by atoms with E-state index in [9.17, 15) is 0 Å². The number of rotatable bonds is 3. The van der Waals surface area contributed by atoms with Gasteiger partial charge in [-0.3, -0.25) is 0 Å². The number of para-hydroxylation sites is 1. The number of aryl methyl sites for hydroxylation is 2. The second kappa shape index (κ2) is 3.87. The molecule has 2 rings (SSSR count). The molecule has 0 fully saturated rings. The van der Waals surface area contributed by atoms with Crippen LogP contribution in [0.5, 0.6) is 0 Å². The Balaban J connectivity index is 2.61. The predicted molar refractivity (Wildman–Crippen MR) is 59.6 cm³/mol. The predicted octanol–water partition coefficient (Wildman–Crippen LogP) is 3.95. The van der Waals surface area contributed by atoms with Gasteiger partial charge in [0.1, 0.15) is 11.3 Å². The third-order valence-electron chi connectivity index (χ3n) is 2.60. The van der Waals surface area contributed by atoms with Gasteiger partial charge in [-0.1, -0.05) is 38.5 Å². The SMILES string of the molecule is CCCc1c(CC)oc2ccccc12. The number of fused-ring (bicyclic) bond motifs is 1. The van der Waals surface area contributed by atoms with Crippen molar-refractivity contribution in [2.75, 3.05) is 0 Å². The highest BCUT2D eigenvalue weighted by molar-refractivity contribution is 5.82. The number of hydrogen-bond donors (Lipinski definition) is 0. The second-order valence-corrected chi connectivity index (χ2v) is 3.60. The molecule has 0 atom stereocenters. The van der Waals surface area contributed by atoms with Crippen LogP contribution in [0.4, 0.5) is 0 Å². The van der Waals surface area contributed by atoms with Crippen LogP contribution in [0.15, 0.2) is 28.7 Å². The first-order valence-electron chi connectivity index (χ1n) is 5.36. The van der Waals surface area contributed by atoms with Gasteiger partial charge in [-0.2, -0.15) is 0 Å². The van der Waals surface area contributed by atoms with E-state index in [2.05, 4.69) is 26.0 Å². The quantitative estimate of drug-likeness (QED) is 0.710. The Morgan fingerprint density at radius 2 is 1.93 bits per heavy atom. The van der Waals surface area contributed by atoms with Gasteiger partial charge < -0.3 is 4.42 Å². The Kier molecular flexibility index (Phi) is 2.58. The summed E-state index contributed by atoms with van der Waals surface area (Å²) in [6, 6.07) is 8.31. The van der Waals surface area contributed by atoms with Crippen molar-refractivity contribution in [3.8, 4) is 0 Å². The van der Waals surface area contributed by atoms with Crippen LogP contribution >= 0.6 is 0 Å². The van der Waals surface area contributed by atoms with Crippen molar-refractivity contribution in [1.82, 2.24) is 0 Å². The number of benzene rings is 1. The van der Waals surface area contributed by atoms with Crippen molar-refractivity contribution in [2.45, 2.75) is 33.1 Å². The average molecular weight is 188 g/mol. The molecule has 14 heavy (non-hydrogen) atoms. The Morgan fingerprint density at radius 1 is 1.14 bits per heavy atom.